The van der Waals surface area contributed by atoms with Gasteiger partial charge in [-0.15, -0.1) is 0 Å². The van der Waals surface area contributed by atoms with Crippen LogP contribution in [0.2, 0.25) is 0 Å². The monoisotopic (exact) mass is 674 g/mol. The molecule has 0 spiro atoms. The summed E-state index contributed by atoms with van der Waals surface area (Å²) in [5.41, 5.74) is 2.09. The van der Waals surface area contributed by atoms with Gasteiger partial charge in [0, 0.05) is 37.7 Å². The van der Waals surface area contributed by atoms with Crippen LogP contribution in [0.25, 0.3) is 0 Å². The molecule has 5 amide bonds. The van der Waals surface area contributed by atoms with Gasteiger partial charge in [-0.25, -0.2) is 0 Å². The summed E-state index contributed by atoms with van der Waals surface area (Å²) in [7, 11) is 1.56. The van der Waals surface area contributed by atoms with Gasteiger partial charge in [0.1, 0.15) is 29.6 Å². The van der Waals surface area contributed by atoms with Crippen LogP contribution in [0.3, 0.4) is 0 Å². The Morgan fingerprint density at radius 2 is 1.69 bits per heavy atom. The zero-order chi connectivity index (χ0) is 35.5. The highest BCUT2D eigenvalue weighted by Gasteiger charge is 2.31. The minimum atomic E-state index is -1.04. The minimum absolute atomic E-state index is 0.141. The highest BCUT2D eigenvalue weighted by Crippen LogP contribution is 2.16. The van der Waals surface area contributed by atoms with Crippen molar-refractivity contribution >= 4 is 29.5 Å². The number of methoxy groups -OCH3 is 1. The molecule has 1 unspecified atom stereocenters. The number of ether oxygens (including phenoxy) is 1. The summed E-state index contributed by atoms with van der Waals surface area (Å²) in [6.45, 7) is 8.01. The molecule has 0 aliphatic carbocycles. The summed E-state index contributed by atoms with van der Waals surface area (Å²) in [4.78, 5) is 68.8. The third-order valence-electron chi connectivity index (χ3n) is 8.64. The molecule has 3 aromatic rings. The summed E-state index contributed by atoms with van der Waals surface area (Å²) < 4.78 is 10.4. The first-order valence-electron chi connectivity index (χ1n) is 16.6. The van der Waals surface area contributed by atoms with Crippen LogP contribution in [0.15, 0.2) is 59.1 Å². The Morgan fingerprint density at radius 1 is 0.980 bits per heavy atom. The number of carbonyl (C=O) groups is 5. The smallest absolute Gasteiger partial charge is 0.276 e. The number of fused-ring (bicyclic) bond motifs is 18. The first kappa shape index (κ1) is 36.6. The number of carbonyl (C=O) groups excluding carboxylic acids is 5. The lowest BCUT2D eigenvalue weighted by molar-refractivity contribution is -0.132. The fraction of sp³-hybridized carbons (Fsp3) is 0.444. The fourth-order valence-corrected chi connectivity index (χ4v) is 5.43. The summed E-state index contributed by atoms with van der Waals surface area (Å²) in [5.74, 6) is -1.31. The van der Waals surface area contributed by atoms with E-state index in [4.69, 9.17) is 9.26 Å². The van der Waals surface area contributed by atoms with E-state index in [1.165, 1.54) is 0 Å². The van der Waals surface area contributed by atoms with Gasteiger partial charge in [0.05, 0.1) is 7.11 Å². The topological polar surface area (TPSA) is 172 Å². The van der Waals surface area contributed by atoms with Gasteiger partial charge in [0.25, 0.3) is 11.8 Å². The van der Waals surface area contributed by atoms with Crippen LogP contribution in [0.1, 0.15) is 77.8 Å². The maximum Gasteiger partial charge on any atom is 0.276 e. The quantitative estimate of drug-likeness (QED) is 0.289. The van der Waals surface area contributed by atoms with Gasteiger partial charge in [-0.2, -0.15) is 0 Å². The molecule has 0 fully saturated rings. The highest BCUT2D eigenvalue weighted by molar-refractivity contribution is 5.99. The largest absolute Gasteiger partial charge is 0.497 e. The van der Waals surface area contributed by atoms with Crippen molar-refractivity contribution in [1.82, 2.24) is 31.3 Å². The normalized spacial score (nSPS) is 20.7. The van der Waals surface area contributed by atoms with Crippen LogP contribution in [0, 0.1) is 12.8 Å². The van der Waals surface area contributed by atoms with Crippen molar-refractivity contribution in [2.75, 3.05) is 20.2 Å². The standard InChI is InChI=1S/C36H46N6O7/c1-6-22(2)31-35(46)39-29(20-25-11-15-28(48-5)16-12-25)34(45)38-24(4)32(43)37-17-7-8-18-42(36(47)30-19-23(3)49-41-30)21-26-9-13-27(14-10-26)33(44)40-31/h9-16,19,22,24,29,31H,6-8,17-18,20-21H2,1-5H3,(H,37,43)(H,38,45)(H,39,46)(H,40,44)/t22-,24+,29-,31?/m0/s1. The predicted octanol–water partition coefficient (Wildman–Crippen LogP) is 2.92. The molecule has 1 aromatic heterocycles. The molecule has 4 atom stereocenters. The van der Waals surface area contributed by atoms with Crippen molar-refractivity contribution in [2.45, 2.75) is 78.0 Å². The maximum atomic E-state index is 13.8. The third-order valence-corrected chi connectivity index (χ3v) is 8.64. The maximum absolute atomic E-state index is 13.8. The van der Waals surface area contributed by atoms with Crippen LogP contribution in [0.5, 0.6) is 5.75 Å². The van der Waals surface area contributed by atoms with E-state index in [2.05, 4.69) is 26.4 Å². The van der Waals surface area contributed by atoms with Gasteiger partial charge in [0.15, 0.2) is 5.69 Å². The lowest BCUT2D eigenvalue weighted by Crippen LogP contribution is -2.58. The van der Waals surface area contributed by atoms with Gasteiger partial charge < -0.3 is 35.4 Å². The predicted molar refractivity (Wildman–Crippen MR) is 182 cm³/mol. The van der Waals surface area contributed by atoms with Crippen LogP contribution in [-0.2, 0) is 27.3 Å². The molecule has 2 aromatic carbocycles. The van der Waals surface area contributed by atoms with Gasteiger partial charge in [0.2, 0.25) is 17.7 Å². The summed E-state index contributed by atoms with van der Waals surface area (Å²) >= 11 is 0. The second-order valence-electron chi connectivity index (χ2n) is 12.4. The van der Waals surface area contributed by atoms with Crippen molar-refractivity contribution < 1.29 is 33.2 Å². The number of nitrogens with one attached hydrogen (secondary N) is 4. The zero-order valence-corrected chi connectivity index (χ0v) is 28.7. The second kappa shape index (κ2) is 17.3. The van der Waals surface area contributed by atoms with E-state index in [1.54, 1.807) is 80.5 Å². The minimum Gasteiger partial charge on any atom is -0.497 e. The van der Waals surface area contributed by atoms with E-state index in [1.807, 2.05) is 13.8 Å². The Labute approximate surface area is 286 Å². The lowest BCUT2D eigenvalue weighted by atomic mass is 9.96. The van der Waals surface area contributed by atoms with Gasteiger partial charge >= 0.3 is 0 Å². The Morgan fingerprint density at radius 3 is 2.33 bits per heavy atom. The van der Waals surface area contributed by atoms with Crippen molar-refractivity contribution in [3.05, 3.63) is 82.7 Å². The van der Waals surface area contributed by atoms with Crippen LogP contribution in [-0.4, -0.2) is 77.9 Å². The molecule has 262 valence electrons. The molecular formula is C36H46N6O7. The Bertz CT molecular complexity index is 1600. The molecular weight excluding hydrogens is 628 g/mol. The van der Waals surface area contributed by atoms with Crippen molar-refractivity contribution in [1.29, 1.82) is 0 Å². The molecule has 5 rings (SSSR count). The van der Waals surface area contributed by atoms with E-state index in [0.29, 0.717) is 49.4 Å². The molecule has 3 heterocycles. The van der Waals surface area contributed by atoms with Gasteiger partial charge in [-0.3, -0.25) is 24.0 Å². The molecule has 0 radical (unpaired) electrons. The van der Waals surface area contributed by atoms with Crippen LogP contribution < -0.4 is 26.0 Å². The van der Waals surface area contributed by atoms with Crippen LogP contribution >= 0.6 is 0 Å². The third kappa shape index (κ3) is 10.1. The number of hydrogen-bond donors (Lipinski definition) is 4. The zero-order valence-electron chi connectivity index (χ0n) is 28.7. The van der Waals surface area contributed by atoms with E-state index in [-0.39, 0.29) is 36.4 Å². The highest BCUT2D eigenvalue weighted by atomic mass is 16.5. The number of hydrogen-bond acceptors (Lipinski definition) is 8. The molecule has 49 heavy (non-hydrogen) atoms. The molecule has 0 saturated carbocycles. The van der Waals surface area contributed by atoms with Crippen molar-refractivity contribution in [3.63, 3.8) is 0 Å². The van der Waals surface area contributed by atoms with Gasteiger partial charge in [-0.1, -0.05) is 49.7 Å². The van der Waals surface area contributed by atoms with E-state index in [0.717, 1.165) is 11.1 Å². The average molecular weight is 675 g/mol. The molecule has 13 nitrogen and oxygen atoms in total. The number of amides is 5. The second-order valence-corrected chi connectivity index (χ2v) is 12.4. The molecule has 2 aliphatic heterocycles. The number of nitrogens with zero attached hydrogens (tertiary/aromatic N) is 2. The van der Waals surface area contributed by atoms with Crippen molar-refractivity contribution in [3.8, 4) is 5.75 Å². The Balaban J connectivity index is 1.61. The lowest BCUT2D eigenvalue weighted by Gasteiger charge is -2.27. The van der Waals surface area contributed by atoms with E-state index >= 15 is 0 Å². The molecule has 4 N–H and O–H groups in total. The van der Waals surface area contributed by atoms with Crippen LogP contribution in [0.4, 0.5) is 0 Å². The van der Waals surface area contributed by atoms with E-state index in [9.17, 15) is 24.0 Å². The van der Waals surface area contributed by atoms with E-state index < -0.39 is 35.8 Å². The number of aromatic nitrogens is 1. The first-order valence-corrected chi connectivity index (χ1v) is 16.6. The number of aryl methyl sites for hydroxylation is 1. The number of rotatable bonds is 6. The van der Waals surface area contributed by atoms with Crippen molar-refractivity contribution in [2.24, 2.45) is 5.92 Å². The molecule has 2 bridgehead atoms. The number of benzene rings is 2. The summed E-state index contributed by atoms with van der Waals surface area (Å²) in [6.07, 6.45) is 1.87. The first-order chi connectivity index (χ1) is 23.5. The van der Waals surface area contributed by atoms with Gasteiger partial charge in [-0.05, 0) is 68.0 Å². The summed E-state index contributed by atoms with van der Waals surface area (Å²) in [5, 5.41) is 15.2. The Kier molecular flexibility index (Phi) is 12.9. The average Bonchev–Trinajstić information content (AvgIpc) is 3.54. The molecule has 13 heteroatoms. The summed E-state index contributed by atoms with van der Waals surface area (Å²) in [6, 6.07) is 12.7. The Hall–Kier alpha value is -5.20. The molecule has 0 saturated heterocycles. The molecule has 2 aliphatic rings. The fourth-order valence-electron chi connectivity index (χ4n) is 5.43. The SMILES string of the molecule is CC[C@H](C)C1NC(=O)c2ccc(cc2)CN(C(=O)c2cc(C)on2)CCCCNC(=O)[C@@H](C)NC(=O)[C@H](Cc2ccc(OC)cc2)NC1=O.